The second-order valence-electron chi connectivity index (χ2n) is 0.659. The van der Waals surface area contributed by atoms with E-state index in [-0.39, 0.29) is 0 Å². The van der Waals surface area contributed by atoms with Crippen molar-refractivity contribution in [2.45, 2.75) is 6.92 Å². The summed E-state index contributed by atoms with van der Waals surface area (Å²) in [6.07, 6.45) is 0. The second-order valence-corrected chi connectivity index (χ2v) is 0.993. The fourth-order valence-electron chi connectivity index (χ4n) is 0.118. The topological polar surface area (TPSA) is 9.23 Å². The van der Waals surface area contributed by atoms with Gasteiger partial charge in [0.05, 0.1) is 0 Å². The van der Waals surface area contributed by atoms with Crippen LogP contribution in [0, 0.1) is 0 Å². The number of rotatable bonds is 2. The minimum atomic E-state index is 0.760. The first kappa shape index (κ1) is 5.49. The summed E-state index contributed by atoms with van der Waals surface area (Å²) in [6, 6.07) is 0. The van der Waals surface area contributed by atoms with Crippen molar-refractivity contribution in [1.82, 2.24) is 0 Å². The summed E-state index contributed by atoms with van der Waals surface area (Å²) in [4.78, 5) is 0. The Labute approximate surface area is 40.7 Å². The standard InChI is InChI=1S/C3H7O.Al/c1-3-4-2;/h2-3H2,1H3;/q;+2. The van der Waals surface area contributed by atoms with E-state index < -0.39 is 0 Å². The van der Waals surface area contributed by atoms with Gasteiger partial charge in [0, 0.05) is 0 Å². The first-order chi connectivity index (χ1) is 2.41. The first-order valence-electron chi connectivity index (χ1n) is 1.69. The van der Waals surface area contributed by atoms with Crippen LogP contribution in [-0.2, 0) is 4.74 Å². The van der Waals surface area contributed by atoms with E-state index in [0.717, 1.165) is 12.1 Å². The van der Waals surface area contributed by atoms with E-state index in [0.29, 0.717) is 0 Å². The maximum atomic E-state index is 4.80. The van der Waals surface area contributed by atoms with Gasteiger partial charge in [-0.1, -0.05) is 0 Å². The molecule has 0 heterocycles. The van der Waals surface area contributed by atoms with Crippen LogP contribution in [-0.4, -0.2) is 28.4 Å². The average Bonchev–Trinajstić information content (AvgIpc) is 1.41. The Morgan fingerprint density at radius 2 is 2.40 bits per heavy atom. The van der Waals surface area contributed by atoms with Crippen LogP contribution in [0.3, 0.4) is 0 Å². The molecule has 0 unspecified atom stereocenters. The quantitative estimate of drug-likeness (QED) is 0.434. The molecule has 0 spiro atoms. The van der Waals surface area contributed by atoms with Crippen molar-refractivity contribution in [2.75, 3.05) is 12.1 Å². The normalized spacial score (nSPS) is 8.60. The molecule has 0 N–H and O–H groups in total. The van der Waals surface area contributed by atoms with Gasteiger partial charge in [0.1, 0.15) is 0 Å². The molecule has 0 aromatic carbocycles. The number of hydrogen-bond donors (Lipinski definition) is 0. The summed E-state index contributed by atoms with van der Waals surface area (Å²) in [6.45, 7) is 2.80. The van der Waals surface area contributed by atoms with Crippen molar-refractivity contribution in [3.8, 4) is 0 Å². The third kappa shape index (κ3) is 4.49. The molecular formula is C3H7AlO+2. The Kier molecular flexibility index (Phi) is 4.93. The number of ether oxygens (including phenoxy) is 1. The summed E-state index contributed by atoms with van der Waals surface area (Å²) < 4.78 is 4.80. The van der Waals surface area contributed by atoms with Gasteiger partial charge >= 0.3 is 40.0 Å². The van der Waals surface area contributed by atoms with Crippen molar-refractivity contribution < 1.29 is 4.74 Å². The Morgan fingerprint density at radius 1 is 1.80 bits per heavy atom. The zero-order valence-electron chi connectivity index (χ0n) is 3.40. The van der Waals surface area contributed by atoms with Gasteiger partial charge in [0.25, 0.3) is 0 Å². The van der Waals surface area contributed by atoms with Gasteiger partial charge in [-0.05, 0) is 0 Å². The number of hydrogen-bond acceptors (Lipinski definition) is 1. The van der Waals surface area contributed by atoms with E-state index >= 15 is 0 Å². The molecule has 0 aromatic rings. The molecule has 0 aliphatic heterocycles. The van der Waals surface area contributed by atoms with Gasteiger partial charge in [-0.2, -0.15) is 0 Å². The third-order valence-electron chi connectivity index (χ3n) is 0.322. The van der Waals surface area contributed by atoms with Crippen molar-refractivity contribution in [3.63, 3.8) is 0 Å². The third-order valence-corrected chi connectivity index (χ3v) is 0.558. The molecule has 0 radical (unpaired) electrons. The van der Waals surface area contributed by atoms with Gasteiger partial charge in [0.2, 0.25) is 0 Å². The minimum absolute atomic E-state index is 0.760. The maximum absolute atomic E-state index is 4.80. The van der Waals surface area contributed by atoms with Gasteiger partial charge in [-0.3, -0.25) is 0 Å². The van der Waals surface area contributed by atoms with E-state index in [1.54, 1.807) is 0 Å². The molecule has 2 heteroatoms. The molecule has 0 saturated heterocycles. The molecule has 1 nitrogen and oxygen atoms in total. The van der Waals surface area contributed by atoms with Gasteiger partial charge < -0.3 is 0 Å². The van der Waals surface area contributed by atoms with Crippen molar-refractivity contribution in [3.05, 3.63) is 0 Å². The molecule has 0 aliphatic carbocycles. The van der Waals surface area contributed by atoms with Crippen LogP contribution >= 0.6 is 0 Å². The van der Waals surface area contributed by atoms with E-state index in [9.17, 15) is 0 Å². The molecular weight excluding hydrogens is 79.0 g/mol. The van der Waals surface area contributed by atoms with Crippen LogP contribution in [0.4, 0.5) is 0 Å². The molecule has 0 amide bonds. The molecule has 0 rings (SSSR count). The predicted molar refractivity (Wildman–Crippen MR) is 22.2 cm³/mol. The Bertz CT molecular complexity index is 14.4. The fraction of sp³-hybridized carbons (Fsp3) is 1.00. The second kappa shape index (κ2) is 4.49. The molecule has 0 aromatic heterocycles. The molecule has 5 heavy (non-hydrogen) atoms. The van der Waals surface area contributed by atoms with E-state index in [1.807, 2.05) is 6.92 Å². The van der Waals surface area contributed by atoms with Crippen LogP contribution in [0.2, 0.25) is 0 Å². The van der Waals surface area contributed by atoms with Crippen LogP contribution in [0.1, 0.15) is 6.92 Å². The van der Waals surface area contributed by atoms with E-state index in [2.05, 4.69) is 16.3 Å². The Morgan fingerprint density at radius 3 is 2.40 bits per heavy atom. The zero-order valence-corrected chi connectivity index (χ0v) is 4.55. The summed E-state index contributed by atoms with van der Waals surface area (Å²) in [5, 5.41) is 0. The van der Waals surface area contributed by atoms with Crippen molar-refractivity contribution >= 4 is 16.3 Å². The molecule has 0 atom stereocenters. The van der Waals surface area contributed by atoms with Crippen molar-refractivity contribution in [2.24, 2.45) is 0 Å². The SMILES string of the molecule is CCO[CH2][Al+2]. The molecule has 0 aliphatic rings. The summed E-state index contributed by atoms with van der Waals surface area (Å²) in [5.74, 6) is 0. The summed E-state index contributed by atoms with van der Waals surface area (Å²) >= 11 is 2.48. The molecule has 0 bridgehead atoms. The van der Waals surface area contributed by atoms with Gasteiger partial charge in [-0.15, -0.1) is 0 Å². The van der Waals surface area contributed by atoms with Gasteiger partial charge in [0.15, 0.2) is 0 Å². The van der Waals surface area contributed by atoms with E-state index in [1.165, 1.54) is 0 Å². The van der Waals surface area contributed by atoms with Crippen LogP contribution < -0.4 is 0 Å². The summed E-state index contributed by atoms with van der Waals surface area (Å²) in [7, 11) is 0. The van der Waals surface area contributed by atoms with E-state index in [4.69, 9.17) is 4.74 Å². The predicted octanol–water partition coefficient (Wildman–Crippen LogP) is 0.149. The first-order valence-corrected chi connectivity index (χ1v) is 2.51. The molecule has 0 saturated carbocycles. The molecule has 26 valence electrons. The Hall–Kier alpha value is 0.492. The fourth-order valence-corrected chi connectivity index (χ4v) is 0.354. The summed E-state index contributed by atoms with van der Waals surface area (Å²) in [5.41, 5.74) is 0.760. The van der Waals surface area contributed by atoms with Crippen LogP contribution in [0.5, 0.6) is 0 Å². The Balaban J connectivity index is 2.19. The van der Waals surface area contributed by atoms with Crippen LogP contribution in [0.15, 0.2) is 0 Å². The van der Waals surface area contributed by atoms with Gasteiger partial charge in [-0.25, -0.2) is 0 Å². The van der Waals surface area contributed by atoms with Crippen LogP contribution in [0.25, 0.3) is 0 Å². The average molecular weight is 86.1 g/mol. The monoisotopic (exact) mass is 86.0 g/mol. The van der Waals surface area contributed by atoms with Crippen molar-refractivity contribution in [1.29, 1.82) is 0 Å². The molecule has 0 fully saturated rings. The zero-order chi connectivity index (χ0) is 4.12.